The first-order valence-corrected chi connectivity index (χ1v) is 4.60. The number of nitrogens with one attached hydrogen (secondary N) is 1. The zero-order valence-corrected chi connectivity index (χ0v) is 10.1. The van der Waals surface area contributed by atoms with E-state index in [4.69, 9.17) is 0 Å². The highest BCUT2D eigenvalue weighted by molar-refractivity contribution is 9.10. The first-order valence-electron chi connectivity index (χ1n) is 3.80. The standard InChI is InChI=1S/C8H8BrF3N2.ClH/c1-13-7(8(10,11)12)5-2-3-6(9)14-4-5;/h2-4,7,13H,1H3;1H. The van der Waals surface area contributed by atoms with Crippen molar-refractivity contribution in [1.82, 2.24) is 10.3 Å². The number of rotatable bonds is 2. The van der Waals surface area contributed by atoms with Gasteiger partial charge < -0.3 is 5.32 Å². The Morgan fingerprint density at radius 2 is 2.00 bits per heavy atom. The van der Waals surface area contributed by atoms with E-state index in [0.29, 0.717) is 4.60 Å². The van der Waals surface area contributed by atoms with Crippen LogP contribution in [-0.2, 0) is 0 Å². The zero-order chi connectivity index (χ0) is 10.8. The maximum absolute atomic E-state index is 12.4. The number of aromatic nitrogens is 1. The van der Waals surface area contributed by atoms with Gasteiger partial charge >= 0.3 is 6.18 Å². The van der Waals surface area contributed by atoms with E-state index < -0.39 is 12.2 Å². The molecule has 0 radical (unpaired) electrons. The molecule has 0 amide bonds. The first-order chi connectivity index (χ1) is 6.45. The van der Waals surface area contributed by atoms with Crippen molar-refractivity contribution in [3.05, 3.63) is 28.5 Å². The average molecular weight is 306 g/mol. The lowest BCUT2D eigenvalue weighted by Gasteiger charge is -2.19. The maximum atomic E-state index is 12.4. The van der Waals surface area contributed by atoms with Gasteiger partial charge in [0.05, 0.1) is 0 Å². The fourth-order valence-electron chi connectivity index (χ4n) is 1.08. The molecular formula is C8H9BrClF3N2. The highest BCUT2D eigenvalue weighted by Gasteiger charge is 2.39. The summed E-state index contributed by atoms with van der Waals surface area (Å²) in [6, 6.07) is 1.19. The summed E-state index contributed by atoms with van der Waals surface area (Å²) < 4.78 is 37.7. The smallest absolute Gasteiger partial charge is 0.305 e. The fraction of sp³-hybridized carbons (Fsp3) is 0.375. The minimum Gasteiger partial charge on any atom is -0.305 e. The molecule has 0 aliphatic heterocycles. The van der Waals surface area contributed by atoms with Gasteiger partial charge in [-0.15, -0.1) is 12.4 Å². The van der Waals surface area contributed by atoms with Crippen LogP contribution in [0.4, 0.5) is 13.2 Å². The van der Waals surface area contributed by atoms with Crippen molar-refractivity contribution < 1.29 is 13.2 Å². The molecule has 1 heterocycles. The van der Waals surface area contributed by atoms with Crippen LogP contribution in [0.15, 0.2) is 22.9 Å². The largest absolute Gasteiger partial charge is 0.407 e. The number of halogens is 5. The Kier molecular flexibility index (Phi) is 5.55. The Balaban J connectivity index is 0.00000196. The lowest BCUT2D eigenvalue weighted by molar-refractivity contribution is -0.156. The second-order valence-corrected chi connectivity index (χ2v) is 3.49. The van der Waals surface area contributed by atoms with Crippen molar-refractivity contribution in [3.63, 3.8) is 0 Å². The second kappa shape index (κ2) is 5.67. The van der Waals surface area contributed by atoms with E-state index in [1.807, 2.05) is 0 Å². The summed E-state index contributed by atoms with van der Waals surface area (Å²) in [7, 11) is 1.26. The van der Waals surface area contributed by atoms with Crippen LogP contribution >= 0.6 is 28.3 Å². The average Bonchev–Trinajstić information content (AvgIpc) is 2.07. The highest BCUT2D eigenvalue weighted by Crippen LogP contribution is 2.31. The Labute approximate surface area is 99.8 Å². The third-order valence-electron chi connectivity index (χ3n) is 1.70. The number of nitrogens with zero attached hydrogens (tertiary/aromatic N) is 1. The van der Waals surface area contributed by atoms with Gasteiger partial charge in [-0.3, -0.25) is 0 Å². The molecule has 0 saturated heterocycles. The monoisotopic (exact) mass is 304 g/mol. The first kappa shape index (κ1) is 14.7. The van der Waals surface area contributed by atoms with E-state index >= 15 is 0 Å². The van der Waals surface area contributed by atoms with E-state index in [-0.39, 0.29) is 18.0 Å². The normalized spacial score (nSPS) is 13.1. The number of hydrogen-bond acceptors (Lipinski definition) is 2. The lowest BCUT2D eigenvalue weighted by atomic mass is 10.1. The molecule has 1 N–H and O–H groups in total. The van der Waals surface area contributed by atoms with Crippen molar-refractivity contribution in [2.75, 3.05) is 7.05 Å². The molecule has 1 rings (SSSR count). The molecule has 2 nitrogen and oxygen atoms in total. The third-order valence-corrected chi connectivity index (χ3v) is 2.17. The van der Waals surface area contributed by atoms with Crippen LogP contribution < -0.4 is 5.32 Å². The van der Waals surface area contributed by atoms with Gasteiger partial charge in [0.15, 0.2) is 0 Å². The minimum absolute atomic E-state index is 0. The SMILES string of the molecule is CNC(c1ccc(Br)nc1)C(F)(F)F.Cl. The molecule has 0 saturated carbocycles. The van der Waals surface area contributed by atoms with E-state index in [0.717, 1.165) is 0 Å². The third kappa shape index (κ3) is 3.96. The van der Waals surface area contributed by atoms with Gasteiger partial charge in [-0.05, 0) is 34.6 Å². The molecule has 0 fully saturated rings. The van der Waals surface area contributed by atoms with Crippen molar-refractivity contribution in [2.24, 2.45) is 0 Å². The van der Waals surface area contributed by atoms with Gasteiger partial charge in [-0.25, -0.2) is 4.98 Å². The van der Waals surface area contributed by atoms with Gasteiger partial charge in [0.25, 0.3) is 0 Å². The zero-order valence-electron chi connectivity index (χ0n) is 7.68. The van der Waals surface area contributed by atoms with Gasteiger partial charge in [0, 0.05) is 6.20 Å². The number of alkyl halides is 3. The van der Waals surface area contributed by atoms with Crippen molar-refractivity contribution in [3.8, 4) is 0 Å². The van der Waals surface area contributed by atoms with Gasteiger partial charge in [-0.1, -0.05) is 6.07 Å². The molecule has 1 unspecified atom stereocenters. The summed E-state index contributed by atoms with van der Waals surface area (Å²) in [6.45, 7) is 0. The molecule has 0 aromatic carbocycles. The van der Waals surface area contributed by atoms with Crippen molar-refractivity contribution >= 4 is 28.3 Å². The maximum Gasteiger partial charge on any atom is 0.407 e. The Hall–Kier alpha value is -0.330. The summed E-state index contributed by atoms with van der Waals surface area (Å²) in [5.74, 6) is 0. The van der Waals surface area contributed by atoms with E-state index in [1.165, 1.54) is 25.4 Å². The summed E-state index contributed by atoms with van der Waals surface area (Å²) in [5, 5.41) is 2.20. The van der Waals surface area contributed by atoms with Gasteiger partial charge in [0.2, 0.25) is 0 Å². The number of pyridine rings is 1. The van der Waals surface area contributed by atoms with E-state index in [1.54, 1.807) is 0 Å². The van der Waals surface area contributed by atoms with E-state index in [2.05, 4.69) is 26.2 Å². The predicted octanol–water partition coefficient (Wildman–Crippen LogP) is 3.09. The van der Waals surface area contributed by atoms with Crippen LogP contribution in [0.5, 0.6) is 0 Å². The topological polar surface area (TPSA) is 24.9 Å². The molecule has 0 spiro atoms. The van der Waals surface area contributed by atoms with Crippen LogP contribution in [0.1, 0.15) is 11.6 Å². The molecule has 7 heteroatoms. The van der Waals surface area contributed by atoms with Crippen LogP contribution in [0.3, 0.4) is 0 Å². The summed E-state index contributed by atoms with van der Waals surface area (Å²) in [5.41, 5.74) is 0.100. The summed E-state index contributed by atoms with van der Waals surface area (Å²) in [4.78, 5) is 3.74. The molecule has 1 atom stereocenters. The molecule has 0 aliphatic carbocycles. The van der Waals surface area contributed by atoms with Crippen LogP contribution in [0.25, 0.3) is 0 Å². The Bertz CT molecular complexity index is 302. The Morgan fingerprint density at radius 1 is 1.40 bits per heavy atom. The summed E-state index contributed by atoms with van der Waals surface area (Å²) >= 11 is 3.05. The molecule has 0 aliphatic rings. The van der Waals surface area contributed by atoms with Crippen molar-refractivity contribution in [1.29, 1.82) is 0 Å². The lowest BCUT2D eigenvalue weighted by Crippen LogP contribution is -2.31. The summed E-state index contributed by atoms with van der Waals surface area (Å²) in [6.07, 6.45) is -3.11. The molecular weight excluding hydrogens is 296 g/mol. The van der Waals surface area contributed by atoms with Gasteiger partial charge in [-0.2, -0.15) is 13.2 Å². The second-order valence-electron chi connectivity index (χ2n) is 2.68. The van der Waals surface area contributed by atoms with Crippen molar-refractivity contribution in [2.45, 2.75) is 12.2 Å². The number of hydrogen-bond donors (Lipinski definition) is 1. The molecule has 86 valence electrons. The van der Waals surface area contributed by atoms with Crippen LogP contribution in [-0.4, -0.2) is 18.2 Å². The molecule has 0 bridgehead atoms. The predicted molar refractivity (Wildman–Crippen MR) is 57.0 cm³/mol. The Morgan fingerprint density at radius 3 is 2.33 bits per heavy atom. The fourth-order valence-corrected chi connectivity index (χ4v) is 1.31. The quantitative estimate of drug-likeness (QED) is 0.849. The molecule has 1 aromatic rings. The van der Waals surface area contributed by atoms with Crippen LogP contribution in [0, 0.1) is 0 Å². The van der Waals surface area contributed by atoms with Gasteiger partial charge in [0.1, 0.15) is 10.6 Å². The molecule has 1 aromatic heterocycles. The van der Waals surface area contributed by atoms with Crippen LogP contribution in [0.2, 0.25) is 0 Å². The highest BCUT2D eigenvalue weighted by atomic mass is 79.9. The minimum atomic E-state index is -4.30. The van der Waals surface area contributed by atoms with E-state index in [9.17, 15) is 13.2 Å². The molecule has 15 heavy (non-hydrogen) atoms.